The molecule has 1 heterocycles. The first-order valence-electron chi connectivity index (χ1n) is 10.1. The minimum Gasteiger partial charge on any atom is -0.384 e. The number of rotatable bonds is 6. The van der Waals surface area contributed by atoms with Gasteiger partial charge in [-0.2, -0.15) is 0 Å². The summed E-state index contributed by atoms with van der Waals surface area (Å²) in [5, 5.41) is 7.72. The van der Waals surface area contributed by atoms with Crippen molar-refractivity contribution in [2.75, 3.05) is 11.1 Å². The van der Waals surface area contributed by atoms with E-state index in [0.717, 1.165) is 21.9 Å². The van der Waals surface area contributed by atoms with Crippen LogP contribution in [0.5, 0.6) is 0 Å². The molecule has 0 bridgehead atoms. The van der Waals surface area contributed by atoms with Gasteiger partial charge in [0.1, 0.15) is 5.82 Å². The molecule has 0 aliphatic carbocycles. The number of anilines is 2. The highest BCUT2D eigenvalue weighted by molar-refractivity contribution is 6.22. The maximum absolute atomic E-state index is 12.7. The molecule has 0 saturated heterocycles. The zero-order chi connectivity index (χ0) is 22.5. The number of benzene rings is 3. The lowest BCUT2D eigenvalue weighted by molar-refractivity contribution is -0.115. The molecule has 0 atom stereocenters. The summed E-state index contributed by atoms with van der Waals surface area (Å²) in [7, 11) is 0. The molecule has 6 heteroatoms. The molecule has 0 fully saturated rings. The van der Waals surface area contributed by atoms with Crippen molar-refractivity contribution in [1.82, 2.24) is 10.3 Å². The van der Waals surface area contributed by atoms with Gasteiger partial charge in [-0.25, -0.2) is 4.98 Å². The lowest BCUT2D eigenvalue weighted by Gasteiger charge is -2.11. The minimum atomic E-state index is -0.254. The highest BCUT2D eigenvalue weighted by Gasteiger charge is 2.12. The van der Waals surface area contributed by atoms with E-state index < -0.39 is 0 Å². The van der Waals surface area contributed by atoms with Crippen LogP contribution in [0.3, 0.4) is 0 Å². The first-order chi connectivity index (χ1) is 15.5. The molecular weight excluding hydrogens is 400 g/mol. The number of amides is 2. The Kier molecular flexibility index (Phi) is 5.94. The van der Waals surface area contributed by atoms with Gasteiger partial charge in [-0.1, -0.05) is 61.2 Å². The summed E-state index contributed by atoms with van der Waals surface area (Å²) >= 11 is 0. The topological polar surface area (TPSA) is 97.1 Å². The van der Waals surface area contributed by atoms with Gasteiger partial charge in [0, 0.05) is 35.6 Å². The van der Waals surface area contributed by atoms with Crippen LogP contribution >= 0.6 is 0 Å². The summed E-state index contributed by atoms with van der Waals surface area (Å²) < 4.78 is 0. The van der Waals surface area contributed by atoms with Crippen molar-refractivity contribution in [3.8, 4) is 0 Å². The number of fused-ring (bicyclic) bond motifs is 1. The van der Waals surface area contributed by atoms with E-state index in [0.29, 0.717) is 29.2 Å². The van der Waals surface area contributed by atoms with Crippen LogP contribution in [-0.4, -0.2) is 16.8 Å². The van der Waals surface area contributed by atoms with E-state index in [2.05, 4.69) is 22.2 Å². The lowest BCUT2D eigenvalue weighted by Crippen LogP contribution is -2.23. The van der Waals surface area contributed by atoms with Crippen LogP contribution in [0.1, 0.15) is 21.5 Å². The average Bonchev–Trinajstić information content (AvgIpc) is 2.82. The minimum absolute atomic E-state index is 0.238. The Bertz CT molecular complexity index is 1310. The molecule has 158 valence electrons. The molecule has 0 aliphatic heterocycles. The van der Waals surface area contributed by atoms with E-state index in [1.54, 1.807) is 36.4 Å². The van der Waals surface area contributed by atoms with Crippen molar-refractivity contribution < 1.29 is 9.59 Å². The Balaban J connectivity index is 1.38. The number of nitrogens with one attached hydrogen (secondary N) is 2. The predicted molar refractivity (Wildman–Crippen MR) is 128 cm³/mol. The van der Waals surface area contributed by atoms with Gasteiger partial charge in [-0.05, 0) is 40.1 Å². The van der Waals surface area contributed by atoms with Gasteiger partial charge in [-0.3, -0.25) is 9.59 Å². The van der Waals surface area contributed by atoms with Gasteiger partial charge in [0.2, 0.25) is 0 Å². The Morgan fingerprint density at radius 1 is 0.938 bits per heavy atom. The van der Waals surface area contributed by atoms with Crippen LogP contribution in [-0.2, 0) is 11.3 Å². The SMILES string of the molecule is C=C(C(=O)NCc1ccc(C(=O)Nc2ccnc(N)c2)cc1)c1cccc2ccccc12. The molecule has 32 heavy (non-hydrogen) atoms. The average molecular weight is 422 g/mol. The molecule has 0 saturated carbocycles. The zero-order valence-corrected chi connectivity index (χ0v) is 17.3. The molecule has 4 rings (SSSR count). The number of nitrogens with two attached hydrogens (primary N) is 1. The largest absolute Gasteiger partial charge is 0.384 e. The fourth-order valence-electron chi connectivity index (χ4n) is 3.40. The molecule has 2 amide bonds. The summed E-state index contributed by atoms with van der Waals surface area (Å²) in [5.74, 6) is -0.159. The predicted octanol–water partition coefficient (Wildman–Crippen LogP) is 4.40. The molecule has 1 aromatic heterocycles. The second-order valence-corrected chi connectivity index (χ2v) is 7.31. The number of pyridine rings is 1. The van der Waals surface area contributed by atoms with Crippen LogP contribution in [0.2, 0.25) is 0 Å². The third-order valence-corrected chi connectivity index (χ3v) is 5.10. The smallest absolute Gasteiger partial charge is 0.255 e. The van der Waals surface area contributed by atoms with E-state index in [-0.39, 0.29) is 11.8 Å². The second kappa shape index (κ2) is 9.14. The Hall–Kier alpha value is -4.45. The van der Waals surface area contributed by atoms with Crippen molar-refractivity contribution in [3.05, 3.63) is 108 Å². The fraction of sp³-hybridized carbons (Fsp3) is 0.0385. The van der Waals surface area contributed by atoms with Crippen molar-refractivity contribution >= 4 is 39.7 Å². The number of hydrogen-bond donors (Lipinski definition) is 3. The van der Waals surface area contributed by atoms with Crippen LogP contribution in [0, 0.1) is 0 Å². The van der Waals surface area contributed by atoms with Crippen molar-refractivity contribution in [3.63, 3.8) is 0 Å². The number of hydrogen-bond acceptors (Lipinski definition) is 4. The zero-order valence-electron chi connectivity index (χ0n) is 17.3. The summed E-state index contributed by atoms with van der Waals surface area (Å²) in [6.07, 6.45) is 1.53. The molecule has 0 spiro atoms. The number of nitrogens with zero attached hydrogens (tertiary/aromatic N) is 1. The molecule has 0 radical (unpaired) electrons. The van der Waals surface area contributed by atoms with Gasteiger partial charge in [0.05, 0.1) is 0 Å². The van der Waals surface area contributed by atoms with Crippen LogP contribution in [0.15, 0.2) is 91.6 Å². The molecule has 4 N–H and O–H groups in total. The third-order valence-electron chi connectivity index (χ3n) is 5.10. The maximum Gasteiger partial charge on any atom is 0.255 e. The molecule has 6 nitrogen and oxygen atoms in total. The van der Waals surface area contributed by atoms with E-state index >= 15 is 0 Å². The van der Waals surface area contributed by atoms with E-state index in [1.165, 1.54) is 6.20 Å². The molecule has 0 aliphatic rings. The van der Waals surface area contributed by atoms with Gasteiger partial charge in [-0.15, -0.1) is 0 Å². The van der Waals surface area contributed by atoms with E-state index in [9.17, 15) is 9.59 Å². The molecule has 3 aromatic carbocycles. The Morgan fingerprint density at radius 3 is 2.47 bits per heavy atom. The Labute approximate surface area is 185 Å². The van der Waals surface area contributed by atoms with Crippen LogP contribution in [0.4, 0.5) is 11.5 Å². The van der Waals surface area contributed by atoms with E-state index in [4.69, 9.17) is 5.73 Å². The summed E-state index contributed by atoms with van der Waals surface area (Å²) in [6, 6.07) is 24.0. The number of aromatic nitrogens is 1. The summed E-state index contributed by atoms with van der Waals surface area (Å²) in [6.45, 7) is 4.32. The highest BCUT2D eigenvalue weighted by atomic mass is 16.2. The van der Waals surface area contributed by atoms with E-state index in [1.807, 2.05) is 42.5 Å². The van der Waals surface area contributed by atoms with Crippen molar-refractivity contribution in [2.24, 2.45) is 0 Å². The Morgan fingerprint density at radius 2 is 1.69 bits per heavy atom. The van der Waals surface area contributed by atoms with Crippen molar-refractivity contribution in [2.45, 2.75) is 6.54 Å². The first-order valence-corrected chi connectivity index (χ1v) is 10.1. The third kappa shape index (κ3) is 4.65. The fourth-order valence-corrected chi connectivity index (χ4v) is 3.40. The van der Waals surface area contributed by atoms with Crippen LogP contribution < -0.4 is 16.4 Å². The standard InChI is InChI=1S/C26H22N4O2/c1-17(22-8-4-6-19-5-2-3-7-23(19)22)25(31)29-16-18-9-11-20(12-10-18)26(32)30-21-13-14-28-24(27)15-21/h2-15H,1,16H2,(H,29,31)(H3,27,28,30,32). The maximum atomic E-state index is 12.7. The van der Waals surface area contributed by atoms with Gasteiger partial charge in [0.25, 0.3) is 11.8 Å². The number of carbonyl (C=O) groups excluding carboxylic acids is 2. The molecular formula is C26H22N4O2. The summed E-state index contributed by atoms with van der Waals surface area (Å²) in [4.78, 5) is 29.0. The summed E-state index contributed by atoms with van der Waals surface area (Å²) in [5.41, 5.74) is 8.79. The lowest BCUT2D eigenvalue weighted by atomic mass is 9.99. The molecule has 4 aromatic rings. The van der Waals surface area contributed by atoms with Crippen LogP contribution in [0.25, 0.3) is 16.3 Å². The van der Waals surface area contributed by atoms with Crippen molar-refractivity contribution in [1.29, 1.82) is 0 Å². The quantitative estimate of drug-likeness (QED) is 0.401. The second-order valence-electron chi connectivity index (χ2n) is 7.31. The normalized spacial score (nSPS) is 10.5. The molecule has 0 unspecified atom stereocenters. The van der Waals surface area contributed by atoms with Gasteiger partial charge >= 0.3 is 0 Å². The van der Waals surface area contributed by atoms with Gasteiger partial charge < -0.3 is 16.4 Å². The van der Waals surface area contributed by atoms with Gasteiger partial charge in [0.15, 0.2) is 0 Å². The number of nitrogen functional groups attached to an aromatic ring is 1. The first kappa shape index (κ1) is 20.8. The monoisotopic (exact) mass is 422 g/mol. The number of carbonyl (C=O) groups is 2. The highest BCUT2D eigenvalue weighted by Crippen LogP contribution is 2.24.